The van der Waals surface area contributed by atoms with Crippen LogP contribution in [0.3, 0.4) is 0 Å². The van der Waals surface area contributed by atoms with Crippen molar-refractivity contribution >= 4 is 11.6 Å². The number of rotatable bonds is 6. The minimum absolute atomic E-state index is 0.0827. The van der Waals surface area contributed by atoms with Crippen LogP contribution in [0, 0.1) is 17.2 Å². The van der Waals surface area contributed by atoms with Crippen molar-refractivity contribution in [2.45, 2.75) is 33.3 Å². The first kappa shape index (κ1) is 15.2. The molecule has 0 saturated heterocycles. The van der Waals surface area contributed by atoms with Gasteiger partial charge in [-0.15, -0.1) is 0 Å². The van der Waals surface area contributed by atoms with E-state index in [1.54, 1.807) is 24.3 Å². The first-order chi connectivity index (χ1) is 9.02. The molecule has 1 rings (SSSR count). The SMILES string of the molecule is CC(C)C(C)OCCC(=O)Nc1ccc(C#N)cc1. The Kier molecular flexibility index (Phi) is 6.04. The van der Waals surface area contributed by atoms with Crippen molar-refractivity contribution in [3.63, 3.8) is 0 Å². The number of nitriles is 1. The van der Waals surface area contributed by atoms with Crippen LogP contribution in [0.2, 0.25) is 0 Å². The number of nitrogens with one attached hydrogen (secondary N) is 1. The Morgan fingerprint density at radius 3 is 2.47 bits per heavy atom. The monoisotopic (exact) mass is 260 g/mol. The normalized spacial score (nSPS) is 11.9. The molecular weight excluding hydrogens is 240 g/mol. The molecule has 1 atom stereocenters. The number of anilines is 1. The molecule has 0 heterocycles. The van der Waals surface area contributed by atoms with Crippen molar-refractivity contribution in [3.8, 4) is 6.07 Å². The van der Waals surface area contributed by atoms with Gasteiger partial charge in [0, 0.05) is 5.69 Å². The maximum absolute atomic E-state index is 11.7. The van der Waals surface area contributed by atoms with Crippen LogP contribution >= 0.6 is 0 Å². The van der Waals surface area contributed by atoms with Crippen molar-refractivity contribution in [3.05, 3.63) is 29.8 Å². The standard InChI is InChI=1S/C15H20N2O2/c1-11(2)12(3)19-9-8-15(18)17-14-6-4-13(10-16)5-7-14/h4-7,11-12H,8-9H2,1-3H3,(H,17,18). The van der Waals surface area contributed by atoms with Gasteiger partial charge in [-0.25, -0.2) is 0 Å². The Labute approximate surface area is 114 Å². The highest BCUT2D eigenvalue weighted by Crippen LogP contribution is 2.10. The molecule has 102 valence electrons. The Hall–Kier alpha value is -1.86. The van der Waals surface area contributed by atoms with Gasteiger partial charge in [-0.05, 0) is 37.1 Å². The second-order valence-electron chi connectivity index (χ2n) is 4.81. The maximum atomic E-state index is 11.7. The van der Waals surface area contributed by atoms with E-state index >= 15 is 0 Å². The van der Waals surface area contributed by atoms with Gasteiger partial charge in [-0.1, -0.05) is 13.8 Å². The van der Waals surface area contributed by atoms with Crippen LogP contribution in [0.25, 0.3) is 0 Å². The summed E-state index contributed by atoms with van der Waals surface area (Å²) < 4.78 is 5.54. The van der Waals surface area contributed by atoms with E-state index in [4.69, 9.17) is 10.00 Å². The van der Waals surface area contributed by atoms with Crippen LogP contribution in [-0.2, 0) is 9.53 Å². The van der Waals surface area contributed by atoms with Gasteiger partial charge in [0.2, 0.25) is 5.91 Å². The number of carbonyl (C=O) groups excluding carboxylic acids is 1. The molecule has 4 heteroatoms. The Morgan fingerprint density at radius 1 is 1.32 bits per heavy atom. The molecule has 0 aromatic heterocycles. The largest absolute Gasteiger partial charge is 0.378 e. The Balaban J connectivity index is 2.33. The highest BCUT2D eigenvalue weighted by atomic mass is 16.5. The zero-order valence-electron chi connectivity index (χ0n) is 11.6. The fourth-order valence-electron chi connectivity index (χ4n) is 1.38. The fraction of sp³-hybridized carbons (Fsp3) is 0.467. The Bertz CT molecular complexity index is 446. The molecule has 4 nitrogen and oxygen atoms in total. The molecule has 19 heavy (non-hydrogen) atoms. The van der Waals surface area contributed by atoms with E-state index in [9.17, 15) is 4.79 Å². The third-order valence-electron chi connectivity index (χ3n) is 2.95. The molecule has 0 saturated carbocycles. The molecule has 0 spiro atoms. The van der Waals surface area contributed by atoms with Crippen molar-refractivity contribution in [1.82, 2.24) is 0 Å². The number of nitrogens with zero attached hydrogens (tertiary/aromatic N) is 1. The van der Waals surface area contributed by atoms with Crippen LogP contribution in [0.1, 0.15) is 32.8 Å². The predicted molar refractivity (Wildman–Crippen MR) is 74.7 cm³/mol. The first-order valence-electron chi connectivity index (χ1n) is 6.44. The molecule has 0 aliphatic rings. The third-order valence-corrected chi connectivity index (χ3v) is 2.95. The number of hydrogen-bond donors (Lipinski definition) is 1. The van der Waals surface area contributed by atoms with E-state index in [1.165, 1.54) is 0 Å². The summed E-state index contributed by atoms with van der Waals surface area (Å²) >= 11 is 0. The zero-order valence-corrected chi connectivity index (χ0v) is 11.6. The van der Waals surface area contributed by atoms with Crippen LogP contribution in [0.4, 0.5) is 5.69 Å². The summed E-state index contributed by atoms with van der Waals surface area (Å²) in [6.07, 6.45) is 0.486. The minimum atomic E-state index is -0.0827. The van der Waals surface area contributed by atoms with E-state index in [0.717, 1.165) is 0 Å². The van der Waals surface area contributed by atoms with Gasteiger partial charge in [0.1, 0.15) is 0 Å². The molecule has 0 aliphatic carbocycles. The molecule has 0 radical (unpaired) electrons. The van der Waals surface area contributed by atoms with Gasteiger partial charge in [-0.3, -0.25) is 4.79 Å². The van der Waals surface area contributed by atoms with Gasteiger partial charge in [0.05, 0.1) is 30.8 Å². The van der Waals surface area contributed by atoms with Crippen molar-refractivity contribution < 1.29 is 9.53 Å². The molecule has 1 amide bonds. The lowest BCUT2D eigenvalue weighted by molar-refractivity contribution is -0.117. The lowest BCUT2D eigenvalue weighted by Gasteiger charge is -2.16. The molecule has 0 fully saturated rings. The average Bonchev–Trinajstić information content (AvgIpc) is 2.39. The number of hydrogen-bond acceptors (Lipinski definition) is 3. The predicted octanol–water partition coefficient (Wildman–Crippen LogP) is 2.95. The molecule has 0 aliphatic heterocycles. The average molecular weight is 260 g/mol. The van der Waals surface area contributed by atoms with Gasteiger partial charge < -0.3 is 10.1 Å². The molecule has 1 aromatic rings. The molecular formula is C15H20N2O2. The van der Waals surface area contributed by atoms with Crippen LogP contribution < -0.4 is 5.32 Å². The quantitative estimate of drug-likeness (QED) is 0.855. The minimum Gasteiger partial charge on any atom is -0.378 e. The van der Waals surface area contributed by atoms with E-state index in [2.05, 4.69) is 19.2 Å². The topological polar surface area (TPSA) is 62.1 Å². The Morgan fingerprint density at radius 2 is 1.95 bits per heavy atom. The summed E-state index contributed by atoms with van der Waals surface area (Å²) in [5.41, 5.74) is 1.27. The number of benzene rings is 1. The summed E-state index contributed by atoms with van der Waals surface area (Å²) in [6.45, 7) is 6.59. The highest BCUT2D eigenvalue weighted by Gasteiger charge is 2.08. The lowest BCUT2D eigenvalue weighted by Crippen LogP contribution is -2.20. The number of amides is 1. The number of ether oxygens (including phenoxy) is 1. The van der Waals surface area contributed by atoms with Crippen LogP contribution in [-0.4, -0.2) is 18.6 Å². The first-order valence-corrected chi connectivity index (χ1v) is 6.44. The molecule has 1 unspecified atom stereocenters. The fourth-order valence-corrected chi connectivity index (χ4v) is 1.38. The zero-order chi connectivity index (χ0) is 14.3. The molecule has 1 N–H and O–H groups in total. The van der Waals surface area contributed by atoms with E-state index < -0.39 is 0 Å². The van der Waals surface area contributed by atoms with Gasteiger partial charge in [0.15, 0.2) is 0 Å². The molecule has 1 aromatic carbocycles. The summed E-state index contributed by atoms with van der Waals surface area (Å²) in [5, 5.41) is 11.4. The summed E-state index contributed by atoms with van der Waals surface area (Å²) in [5.74, 6) is 0.363. The van der Waals surface area contributed by atoms with Gasteiger partial charge in [0.25, 0.3) is 0 Å². The van der Waals surface area contributed by atoms with Crippen molar-refractivity contribution in [2.75, 3.05) is 11.9 Å². The second kappa shape index (κ2) is 7.55. The third kappa shape index (κ3) is 5.54. The van der Waals surface area contributed by atoms with Crippen LogP contribution in [0.15, 0.2) is 24.3 Å². The maximum Gasteiger partial charge on any atom is 0.226 e. The van der Waals surface area contributed by atoms with E-state index in [-0.39, 0.29) is 12.0 Å². The van der Waals surface area contributed by atoms with Crippen LogP contribution in [0.5, 0.6) is 0 Å². The summed E-state index contributed by atoms with van der Waals surface area (Å²) in [6, 6.07) is 8.81. The molecule has 0 bridgehead atoms. The van der Waals surface area contributed by atoms with Gasteiger partial charge >= 0.3 is 0 Å². The summed E-state index contributed by atoms with van der Waals surface area (Å²) in [7, 11) is 0. The van der Waals surface area contributed by atoms with Crippen molar-refractivity contribution in [2.24, 2.45) is 5.92 Å². The number of carbonyl (C=O) groups is 1. The second-order valence-corrected chi connectivity index (χ2v) is 4.81. The summed E-state index contributed by atoms with van der Waals surface area (Å²) in [4.78, 5) is 11.7. The van der Waals surface area contributed by atoms with E-state index in [0.29, 0.717) is 30.2 Å². The highest BCUT2D eigenvalue weighted by molar-refractivity contribution is 5.90. The lowest BCUT2D eigenvalue weighted by atomic mass is 10.1. The van der Waals surface area contributed by atoms with E-state index in [1.807, 2.05) is 13.0 Å². The van der Waals surface area contributed by atoms with Crippen molar-refractivity contribution in [1.29, 1.82) is 5.26 Å². The smallest absolute Gasteiger partial charge is 0.226 e. The van der Waals surface area contributed by atoms with Gasteiger partial charge in [-0.2, -0.15) is 5.26 Å².